The monoisotopic (exact) mass is 262 g/mol. The van der Waals surface area contributed by atoms with Crippen LogP contribution in [0, 0.1) is 6.92 Å². The van der Waals surface area contributed by atoms with E-state index in [4.69, 9.17) is 16.7 Å². The molecule has 0 saturated heterocycles. The number of anilines is 2. The number of rotatable bonds is 3. The maximum Gasteiger partial charge on any atom is 0.354 e. The first-order chi connectivity index (χ1) is 8.56. The summed E-state index contributed by atoms with van der Waals surface area (Å²) < 4.78 is 0. The van der Waals surface area contributed by atoms with Crippen LogP contribution in [0.15, 0.2) is 36.5 Å². The third-order valence-electron chi connectivity index (χ3n) is 2.39. The molecule has 0 aliphatic heterocycles. The Balaban J connectivity index is 2.21. The number of carboxylic acids is 1. The molecule has 92 valence electrons. The minimum absolute atomic E-state index is 0.00977. The molecule has 1 aromatic carbocycles. The van der Waals surface area contributed by atoms with Gasteiger partial charge >= 0.3 is 5.97 Å². The molecule has 0 unspecified atom stereocenters. The maximum absolute atomic E-state index is 10.7. The summed E-state index contributed by atoms with van der Waals surface area (Å²) in [6.07, 6.45) is 1.46. The second kappa shape index (κ2) is 5.06. The summed E-state index contributed by atoms with van der Waals surface area (Å²) in [7, 11) is 0. The average Bonchev–Trinajstić information content (AvgIpc) is 2.33. The first-order valence-electron chi connectivity index (χ1n) is 5.29. The lowest BCUT2D eigenvalue weighted by molar-refractivity contribution is 0.0690. The SMILES string of the molecule is Cc1ccc(Nc2ccc(C(=O)O)nc2)c(Cl)c1. The molecule has 2 rings (SSSR count). The van der Waals surface area contributed by atoms with Gasteiger partial charge in [-0.25, -0.2) is 9.78 Å². The smallest absolute Gasteiger partial charge is 0.354 e. The number of carbonyl (C=O) groups is 1. The van der Waals surface area contributed by atoms with Gasteiger partial charge in [0, 0.05) is 0 Å². The highest BCUT2D eigenvalue weighted by Crippen LogP contribution is 2.25. The number of aromatic nitrogens is 1. The zero-order valence-corrected chi connectivity index (χ0v) is 10.4. The van der Waals surface area contributed by atoms with E-state index in [0.29, 0.717) is 10.7 Å². The summed E-state index contributed by atoms with van der Waals surface area (Å²) in [5, 5.41) is 12.4. The third-order valence-corrected chi connectivity index (χ3v) is 2.70. The fraction of sp³-hybridized carbons (Fsp3) is 0.0769. The maximum atomic E-state index is 10.7. The van der Waals surface area contributed by atoms with Gasteiger partial charge in [0.25, 0.3) is 0 Å². The number of benzene rings is 1. The van der Waals surface area contributed by atoms with Gasteiger partial charge in [0.2, 0.25) is 0 Å². The van der Waals surface area contributed by atoms with Crippen LogP contribution in [0.25, 0.3) is 0 Å². The number of aromatic carboxylic acids is 1. The van der Waals surface area contributed by atoms with Crippen molar-refractivity contribution in [3.63, 3.8) is 0 Å². The summed E-state index contributed by atoms with van der Waals surface area (Å²) in [4.78, 5) is 14.5. The van der Waals surface area contributed by atoms with E-state index in [-0.39, 0.29) is 5.69 Å². The van der Waals surface area contributed by atoms with E-state index in [9.17, 15) is 4.79 Å². The Kier molecular flexibility index (Phi) is 3.48. The number of pyridine rings is 1. The Morgan fingerprint density at radius 3 is 2.67 bits per heavy atom. The summed E-state index contributed by atoms with van der Waals surface area (Å²) >= 11 is 6.08. The second-order valence-corrected chi connectivity index (χ2v) is 4.25. The molecule has 0 radical (unpaired) electrons. The Morgan fingerprint density at radius 1 is 1.33 bits per heavy atom. The zero-order chi connectivity index (χ0) is 13.1. The van der Waals surface area contributed by atoms with Crippen LogP contribution >= 0.6 is 11.6 Å². The Labute approximate surface area is 109 Å². The van der Waals surface area contributed by atoms with Crippen molar-refractivity contribution in [3.8, 4) is 0 Å². The number of carboxylic acid groups (broad SMARTS) is 1. The van der Waals surface area contributed by atoms with Gasteiger partial charge in [-0.2, -0.15) is 0 Å². The summed E-state index contributed by atoms with van der Waals surface area (Å²) in [6.45, 7) is 1.96. The zero-order valence-electron chi connectivity index (χ0n) is 9.64. The number of nitrogens with zero attached hydrogens (tertiary/aromatic N) is 1. The predicted molar refractivity (Wildman–Crippen MR) is 70.7 cm³/mol. The van der Waals surface area contributed by atoms with Crippen molar-refractivity contribution in [2.24, 2.45) is 0 Å². The highest BCUT2D eigenvalue weighted by Gasteiger charge is 2.05. The fourth-order valence-electron chi connectivity index (χ4n) is 1.47. The molecule has 0 fully saturated rings. The summed E-state index contributed by atoms with van der Waals surface area (Å²) in [5.74, 6) is -1.05. The van der Waals surface area contributed by atoms with Crippen LogP contribution in [0.4, 0.5) is 11.4 Å². The third kappa shape index (κ3) is 2.78. The Hall–Kier alpha value is -2.07. The van der Waals surface area contributed by atoms with Gasteiger partial charge in [0.05, 0.1) is 22.6 Å². The van der Waals surface area contributed by atoms with Crippen molar-refractivity contribution in [1.82, 2.24) is 4.98 Å². The highest BCUT2D eigenvalue weighted by atomic mass is 35.5. The van der Waals surface area contributed by atoms with E-state index >= 15 is 0 Å². The molecule has 2 aromatic rings. The largest absolute Gasteiger partial charge is 0.477 e. The minimum atomic E-state index is -1.05. The van der Waals surface area contributed by atoms with Gasteiger partial charge in [-0.15, -0.1) is 0 Å². The number of hydrogen-bond donors (Lipinski definition) is 2. The first-order valence-corrected chi connectivity index (χ1v) is 5.66. The molecule has 5 heteroatoms. The lowest BCUT2D eigenvalue weighted by Crippen LogP contribution is -2.00. The molecule has 0 aliphatic carbocycles. The van der Waals surface area contributed by atoms with Gasteiger partial charge in [0.1, 0.15) is 5.69 Å². The normalized spacial score (nSPS) is 10.1. The van der Waals surface area contributed by atoms with Crippen LogP contribution in [0.3, 0.4) is 0 Å². The van der Waals surface area contributed by atoms with Crippen molar-refractivity contribution in [1.29, 1.82) is 0 Å². The molecule has 1 aromatic heterocycles. The summed E-state index contributed by atoms with van der Waals surface area (Å²) in [6, 6.07) is 8.73. The van der Waals surface area contributed by atoms with Crippen LogP contribution in [0.5, 0.6) is 0 Å². The van der Waals surface area contributed by atoms with E-state index in [1.807, 2.05) is 25.1 Å². The van der Waals surface area contributed by atoms with Crippen molar-refractivity contribution in [2.45, 2.75) is 6.92 Å². The highest BCUT2D eigenvalue weighted by molar-refractivity contribution is 6.33. The lowest BCUT2D eigenvalue weighted by atomic mass is 10.2. The van der Waals surface area contributed by atoms with E-state index < -0.39 is 5.97 Å². The fourth-order valence-corrected chi connectivity index (χ4v) is 1.75. The quantitative estimate of drug-likeness (QED) is 0.889. The molecule has 0 bridgehead atoms. The van der Waals surface area contributed by atoms with E-state index in [1.165, 1.54) is 12.3 Å². The van der Waals surface area contributed by atoms with E-state index in [0.717, 1.165) is 11.3 Å². The van der Waals surface area contributed by atoms with Gasteiger partial charge in [0.15, 0.2) is 0 Å². The van der Waals surface area contributed by atoms with E-state index in [2.05, 4.69) is 10.3 Å². The summed E-state index contributed by atoms with van der Waals surface area (Å²) in [5.41, 5.74) is 2.53. The van der Waals surface area contributed by atoms with Crippen LogP contribution in [0.2, 0.25) is 5.02 Å². The van der Waals surface area contributed by atoms with Crippen molar-refractivity contribution < 1.29 is 9.90 Å². The molecule has 0 amide bonds. The molecule has 0 atom stereocenters. The molecular formula is C13H11ClN2O2. The topological polar surface area (TPSA) is 62.2 Å². The second-order valence-electron chi connectivity index (χ2n) is 3.85. The number of nitrogens with one attached hydrogen (secondary N) is 1. The minimum Gasteiger partial charge on any atom is -0.477 e. The number of halogens is 1. The van der Waals surface area contributed by atoms with Crippen molar-refractivity contribution >= 4 is 28.9 Å². The van der Waals surface area contributed by atoms with Gasteiger partial charge in [-0.05, 0) is 36.8 Å². The standard InChI is InChI=1S/C13H11ClN2O2/c1-8-2-4-11(10(14)6-8)16-9-3-5-12(13(17)18)15-7-9/h2-7,16H,1H3,(H,17,18). The van der Waals surface area contributed by atoms with Crippen LogP contribution in [-0.4, -0.2) is 16.1 Å². The van der Waals surface area contributed by atoms with Crippen LogP contribution < -0.4 is 5.32 Å². The van der Waals surface area contributed by atoms with Gasteiger partial charge in [-0.1, -0.05) is 17.7 Å². The van der Waals surface area contributed by atoms with E-state index in [1.54, 1.807) is 6.07 Å². The number of aryl methyl sites for hydroxylation is 1. The molecule has 2 N–H and O–H groups in total. The first kappa shape index (κ1) is 12.4. The van der Waals surface area contributed by atoms with Crippen LogP contribution in [-0.2, 0) is 0 Å². The van der Waals surface area contributed by atoms with Crippen molar-refractivity contribution in [2.75, 3.05) is 5.32 Å². The molecule has 18 heavy (non-hydrogen) atoms. The number of hydrogen-bond acceptors (Lipinski definition) is 3. The average molecular weight is 263 g/mol. The van der Waals surface area contributed by atoms with Gasteiger partial charge < -0.3 is 10.4 Å². The molecule has 4 nitrogen and oxygen atoms in total. The van der Waals surface area contributed by atoms with Gasteiger partial charge in [-0.3, -0.25) is 0 Å². The Morgan fingerprint density at radius 2 is 2.11 bits per heavy atom. The predicted octanol–water partition coefficient (Wildman–Crippen LogP) is 3.49. The molecule has 0 spiro atoms. The molecule has 0 aliphatic rings. The molecule has 1 heterocycles. The molecule has 0 saturated carbocycles. The van der Waals surface area contributed by atoms with Crippen molar-refractivity contribution in [3.05, 3.63) is 52.8 Å². The molecular weight excluding hydrogens is 252 g/mol. The van der Waals surface area contributed by atoms with Crippen LogP contribution in [0.1, 0.15) is 16.1 Å². The Bertz CT molecular complexity index is 582. The lowest BCUT2D eigenvalue weighted by Gasteiger charge is -2.08.